The fourth-order valence-electron chi connectivity index (χ4n) is 5.83. The van der Waals surface area contributed by atoms with E-state index in [0.29, 0.717) is 19.4 Å². The number of piperidine rings is 1. The number of fused-ring (bicyclic) bond motifs is 4. The van der Waals surface area contributed by atoms with Gasteiger partial charge in [0, 0.05) is 31.5 Å². The molecule has 1 aliphatic heterocycles. The van der Waals surface area contributed by atoms with Crippen molar-refractivity contribution in [1.29, 1.82) is 0 Å². The van der Waals surface area contributed by atoms with E-state index in [0.717, 1.165) is 24.0 Å². The number of unbranched alkanes of at least 4 members (excludes halogenated alkanes) is 1. The normalized spacial score (nSPS) is 22.7. The summed E-state index contributed by atoms with van der Waals surface area (Å²) in [6, 6.07) is 16.0. The second kappa shape index (κ2) is 9.36. The van der Waals surface area contributed by atoms with Crippen molar-refractivity contribution < 1.29 is 24.2 Å². The van der Waals surface area contributed by atoms with E-state index in [4.69, 9.17) is 4.74 Å². The van der Waals surface area contributed by atoms with Gasteiger partial charge in [-0.1, -0.05) is 68.3 Å². The Morgan fingerprint density at radius 1 is 1.11 bits per heavy atom. The zero-order chi connectivity index (χ0) is 24.6. The van der Waals surface area contributed by atoms with Crippen LogP contribution >= 0.6 is 0 Å². The molecular formula is C28H32N2O5. The Labute approximate surface area is 205 Å². The number of nitrogens with one attached hydrogen (secondary N) is 1. The Bertz CT molecular complexity index is 1100. The van der Waals surface area contributed by atoms with Gasteiger partial charge in [0.25, 0.3) is 0 Å². The number of amides is 2. The molecule has 3 atom stereocenters. The van der Waals surface area contributed by atoms with Crippen LogP contribution < -0.4 is 5.32 Å². The highest BCUT2D eigenvalue weighted by molar-refractivity contribution is 5.84. The van der Waals surface area contributed by atoms with E-state index in [1.807, 2.05) is 24.3 Å². The molecule has 2 aliphatic carbocycles. The van der Waals surface area contributed by atoms with Crippen LogP contribution in [-0.2, 0) is 14.3 Å². The van der Waals surface area contributed by atoms with Crippen molar-refractivity contribution in [3.63, 3.8) is 0 Å². The summed E-state index contributed by atoms with van der Waals surface area (Å²) in [5, 5.41) is 12.4. The average molecular weight is 477 g/mol. The van der Waals surface area contributed by atoms with Crippen LogP contribution in [0.4, 0.5) is 4.79 Å². The third kappa shape index (κ3) is 4.40. The first-order valence-electron chi connectivity index (χ1n) is 12.6. The van der Waals surface area contributed by atoms with E-state index in [1.54, 1.807) is 4.90 Å². The lowest BCUT2D eigenvalue weighted by Gasteiger charge is -2.24. The molecule has 2 amide bonds. The topological polar surface area (TPSA) is 95.9 Å². The first-order valence-corrected chi connectivity index (χ1v) is 12.6. The van der Waals surface area contributed by atoms with Gasteiger partial charge in [0.1, 0.15) is 6.61 Å². The van der Waals surface area contributed by atoms with Gasteiger partial charge in [0.05, 0.1) is 5.41 Å². The Hall–Kier alpha value is -3.35. The molecule has 184 valence electrons. The highest BCUT2D eigenvalue weighted by Gasteiger charge is 2.66. The first kappa shape index (κ1) is 23.4. The molecule has 0 bridgehead atoms. The predicted octanol–water partition coefficient (Wildman–Crippen LogP) is 4.41. The average Bonchev–Trinajstić information content (AvgIpc) is 3.28. The molecule has 0 radical (unpaired) electrons. The molecule has 2 N–H and O–H groups in total. The number of carboxylic acid groups (broad SMARTS) is 1. The summed E-state index contributed by atoms with van der Waals surface area (Å²) < 4.78 is 5.68. The van der Waals surface area contributed by atoms with E-state index in [1.165, 1.54) is 11.1 Å². The van der Waals surface area contributed by atoms with Crippen LogP contribution in [0.1, 0.15) is 56.1 Å². The van der Waals surface area contributed by atoms with Crippen LogP contribution in [0.25, 0.3) is 11.1 Å². The Balaban J connectivity index is 1.19. The molecule has 2 aromatic carbocycles. The number of carboxylic acids is 1. The number of benzene rings is 2. The standard InChI is InChI=1S/C28H32N2O5/c1-2-3-8-19(13-25(31)30-15-18-14-28(18,17-30)26(32)33)29-27(34)35-16-24-22-11-6-4-9-20(22)21-10-5-7-12-23(21)24/h4-7,9-12,18-19,24H,2-3,8,13-17H2,1H3,(H,29,34)(H,32,33)/t18?,19-,28?/m0/s1. The van der Waals surface area contributed by atoms with Crippen molar-refractivity contribution in [2.24, 2.45) is 11.3 Å². The van der Waals surface area contributed by atoms with Gasteiger partial charge in [-0.15, -0.1) is 0 Å². The minimum absolute atomic E-state index is 0.0209. The molecular weight excluding hydrogens is 444 g/mol. The number of carbonyl (C=O) groups is 3. The highest BCUT2D eigenvalue weighted by atomic mass is 16.5. The third-order valence-electron chi connectivity index (χ3n) is 7.92. The molecule has 7 nitrogen and oxygen atoms in total. The van der Waals surface area contributed by atoms with Gasteiger partial charge < -0.3 is 20.1 Å². The SMILES string of the molecule is CCCC[C@@H](CC(=O)N1CC2CC2(C(=O)O)C1)NC(=O)OCC1c2ccccc2-c2ccccc21. The number of carbonyl (C=O) groups excluding carboxylic acids is 2. The van der Waals surface area contributed by atoms with E-state index in [2.05, 4.69) is 36.5 Å². The summed E-state index contributed by atoms with van der Waals surface area (Å²) in [5.74, 6) is -0.865. The fourth-order valence-corrected chi connectivity index (χ4v) is 5.83. The second-order valence-corrected chi connectivity index (χ2v) is 10.1. The molecule has 0 aromatic heterocycles. The Morgan fingerprint density at radius 2 is 1.77 bits per heavy atom. The van der Waals surface area contributed by atoms with Crippen molar-refractivity contribution in [1.82, 2.24) is 10.2 Å². The molecule has 1 saturated heterocycles. The summed E-state index contributed by atoms with van der Waals surface area (Å²) in [6.07, 6.45) is 2.80. The van der Waals surface area contributed by atoms with Gasteiger partial charge >= 0.3 is 12.1 Å². The Kier molecular flexibility index (Phi) is 6.26. The van der Waals surface area contributed by atoms with Crippen LogP contribution in [0, 0.1) is 11.3 Å². The van der Waals surface area contributed by atoms with Gasteiger partial charge in [-0.3, -0.25) is 9.59 Å². The lowest BCUT2D eigenvalue weighted by atomic mass is 9.98. The van der Waals surface area contributed by atoms with Gasteiger partial charge in [0.2, 0.25) is 5.91 Å². The molecule has 5 rings (SSSR count). The second-order valence-electron chi connectivity index (χ2n) is 10.1. The predicted molar refractivity (Wildman–Crippen MR) is 131 cm³/mol. The highest BCUT2D eigenvalue weighted by Crippen LogP contribution is 2.58. The zero-order valence-electron chi connectivity index (χ0n) is 20.0. The molecule has 1 heterocycles. The van der Waals surface area contributed by atoms with E-state index < -0.39 is 17.5 Å². The minimum Gasteiger partial charge on any atom is -0.481 e. The van der Waals surface area contributed by atoms with Crippen molar-refractivity contribution in [3.8, 4) is 11.1 Å². The summed E-state index contributed by atoms with van der Waals surface area (Å²) in [7, 11) is 0. The minimum atomic E-state index is -0.808. The zero-order valence-corrected chi connectivity index (χ0v) is 20.0. The van der Waals surface area contributed by atoms with Crippen LogP contribution in [0.5, 0.6) is 0 Å². The first-order chi connectivity index (χ1) is 16.9. The van der Waals surface area contributed by atoms with Crippen molar-refractivity contribution >= 4 is 18.0 Å². The summed E-state index contributed by atoms with van der Waals surface area (Å²) in [4.78, 5) is 38.9. The van der Waals surface area contributed by atoms with Crippen LogP contribution in [0.15, 0.2) is 48.5 Å². The summed E-state index contributed by atoms with van der Waals surface area (Å²) in [5.41, 5.74) is 3.91. The molecule has 7 heteroatoms. The third-order valence-corrected chi connectivity index (χ3v) is 7.92. The summed E-state index contributed by atoms with van der Waals surface area (Å²) in [6.45, 7) is 3.06. The maximum absolute atomic E-state index is 12.9. The number of hydrogen-bond donors (Lipinski definition) is 2. The largest absolute Gasteiger partial charge is 0.481 e. The lowest BCUT2D eigenvalue weighted by molar-refractivity contribution is -0.144. The molecule has 1 saturated carbocycles. The number of rotatable bonds is 9. The summed E-state index contributed by atoms with van der Waals surface area (Å²) >= 11 is 0. The quantitative estimate of drug-likeness (QED) is 0.559. The van der Waals surface area contributed by atoms with Gasteiger partial charge in [-0.25, -0.2) is 4.79 Å². The molecule has 2 aromatic rings. The van der Waals surface area contributed by atoms with Crippen molar-refractivity contribution in [2.75, 3.05) is 19.7 Å². The number of aliphatic carboxylic acids is 1. The Morgan fingerprint density at radius 3 is 2.37 bits per heavy atom. The molecule has 2 unspecified atom stereocenters. The van der Waals surface area contributed by atoms with Crippen molar-refractivity contribution in [3.05, 3.63) is 59.7 Å². The molecule has 2 fully saturated rings. The smallest absolute Gasteiger partial charge is 0.407 e. The van der Waals surface area contributed by atoms with Gasteiger partial charge in [-0.2, -0.15) is 0 Å². The number of ether oxygens (including phenoxy) is 1. The van der Waals surface area contributed by atoms with Gasteiger partial charge in [-0.05, 0) is 41.0 Å². The fraction of sp³-hybridized carbons (Fsp3) is 0.464. The molecule has 3 aliphatic rings. The van der Waals surface area contributed by atoms with Crippen LogP contribution in [0.3, 0.4) is 0 Å². The number of nitrogens with zero attached hydrogens (tertiary/aromatic N) is 1. The monoisotopic (exact) mass is 476 g/mol. The van der Waals surface area contributed by atoms with Crippen LogP contribution in [-0.4, -0.2) is 53.7 Å². The number of likely N-dealkylation sites (tertiary alicyclic amines) is 1. The van der Waals surface area contributed by atoms with Crippen molar-refractivity contribution in [2.45, 2.75) is 51.0 Å². The van der Waals surface area contributed by atoms with E-state index in [9.17, 15) is 19.5 Å². The maximum atomic E-state index is 12.9. The van der Waals surface area contributed by atoms with Gasteiger partial charge in [0.15, 0.2) is 0 Å². The van der Waals surface area contributed by atoms with E-state index >= 15 is 0 Å². The maximum Gasteiger partial charge on any atom is 0.407 e. The van der Waals surface area contributed by atoms with E-state index in [-0.39, 0.29) is 43.4 Å². The lowest BCUT2D eigenvalue weighted by Crippen LogP contribution is -2.42. The molecule has 35 heavy (non-hydrogen) atoms. The number of hydrogen-bond acceptors (Lipinski definition) is 4. The molecule has 0 spiro atoms. The van der Waals surface area contributed by atoms with Crippen LogP contribution in [0.2, 0.25) is 0 Å². The number of alkyl carbamates (subject to hydrolysis) is 1.